The lowest BCUT2D eigenvalue weighted by Gasteiger charge is -2.18. The third kappa shape index (κ3) is 7.38. The van der Waals surface area contributed by atoms with E-state index in [0.29, 0.717) is 23.4 Å². The van der Waals surface area contributed by atoms with Crippen LogP contribution in [0.15, 0.2) is 36.4 Å². The van der Waals surface area contributed by atoms with E-state index in [0.717, 1.165) is 5.56 Å². The molecule has 0 heterocycles. The van der Waals surface area contributed by atoms with E-state index in [1.165, 1.54) is 14.0 Å². The van der Waals surface area contributed by atoms with Gasteiger partial charge in [-0.05, 0) is 48.2 Å². The van der Waals surface area contributed by atoms with Gasteiger partial charge in [0.15, 0.2) is 0 Å². The SMILES string of the molecule is COC(=O)C(CNC(C)=O)NC(=O)c1c(Cl)cc(CCC(O)c2cccc(Cl)c2)cc1Cl. The maximum Gasteiger partial charge on any atom is 0.330 e. The summed E-state index contributed by atoms with van der Waals surface area (Å²) in [7, 11) is 1.17. The monoisotopic (exact) mass is 500 g/mol. The maximum atomic E-state index is 12.7. The number of ether oxygens (including phenoxy) is 1. The van der Waals surface area contributed by atoms with Gasteiger partial charge in [0.25, 0.3) is 5.91 Å². The van der Waals surface area contributed by atoms with E-state index >= 15 is 0 Å². The maximum absolute atomic E-state index is 12.7. The number of aliphatic hydroxyl groups excluding tert-OH is 1. The van der Waals surface area contributed by atoms with Crippen molar-refractivity contribution in [3.05, 3.63) is 68.2 Å². The molecule has 0 saturated heterocycles. The molecule has 0 radical (unpaired) electrons. The molecule has 2 aromatic rings. The number of esters is 1. The Labute approximate surface area is 201 Å². The Hall–Kier alpha value is -2.32. The van der Waals surface area contributed by atoms with Crippen molar-refractivity contribution < 1.29 is 24.2 Å². The Balaban J connectivity index is 2.11. The zero-order chi connectivity index (χ0) is 23.8. The number of aliphatic hydroxyl groups is 1. The van der Waals surface area contributed by atoms with Crippen LogP contribution in [-0.4, -0.2) is 42.6 Å². The van der Waals surface area contributed by atoms with Crippen LogP contribution in [0.5, 0.6) is 0 Å². The van der Waals surface area contributed by atoms with Gasteiger partial charge in [-0.1, -0.05) is 46.9 Å². The second-order valence-electron chi connectivity index (χ2n) is 7.03. The van der Waals surface area contributed by atoms with Crippen molar-refractivity contribution in [3.63, 3.8) is 0 Å². The number of nitrogens with one attached hydrogen (secondary N) is 2. The van der Waals surface area contributed by atoms with Crippen LogP contribution in [-0.2, 0) is 20.7 Å². The van der Waals surface area contributed by atoms with Gasteiger partial charge in [0.2, 0.25) is 5.91 Å². The van der Waals surface area contributed by atoms with E-state index in [1.54, 1.807) is 36.4 Å². The van der Waals surface area contributed by atoms with Gasteiger partial charge in [-0.3, -0.25) is 9.59 Å². The molecular formula is C22H23Cl3N2O5. The number of carbonyl (C=O) groups excluding carboxylic acids is 3. The number of benzene rings is 2. The summed E-state index contributed by atoms with van der Waals surface area (Å²) < 4.78 is 4.66. The molecule has 0 aromatic heterocycles. The van der Waals surface area contributed by atoms with Crippen molar-refractivity contribution in [2.24, 2.45) is 0 Å². The van der Waals surface area contributed by atoms with Gasteiger partial charge in [0.1, 0.15) is 6.04 Å². The highest BCUT2D eigenvalue weighted by Gasteiger charge is 2.25. The summed E-state index contributed by atoms with van der Waals surface area (Å²) in [6.07, 6.45) is 0.103. The normalized spacial score (nSPS) is 12.6. The van der Waals surface area contributed by atoms with Gasteiger partial charge in [0, 0.05) is 18.5 Å². The standard InChI is InChI=1S/C22H23Cl3N2O5/c1-12(28)26-11-18(22(31)32-2)27-21(30)20-16(24)8-13(9-17(20)25)6-7-19(29)14-4-3-5-15(23)10-14/h3-5,8-10,18-19,29H,6-7,11H2,1-2H3,(H,26,28)(H,27,30). The van der Waals surface area contributed by atoms with Crippen LogP contribution in [0.25, 0.3) is 0 Å². The highest BCUT2D eigenvalue weighted by atomic mass is 35.5. The number of aryl methyl sites for hydroxylation is 1. The summed E-state index contributed by atoms with van der Waals surface area (Å²) >= 11 is 18.6. The Morgan fingerprint density at radius 2 is 1.75 bits per heavy atom. The van der Waals surface area contributed by atoms with Crippen LogP contribution in [0.4, 0.5) is 0 Å². The molecule has 2 amide bonds. The molecule has 0 saturated carbocycles. The van der Waals surface area contributed by atoms with E-state index in [9.17, 15) is 19.5 Å². The molecular weight excluding hydrogens is 479 g/mol. The molecule has 32 heavy (non-hydrogen) atoms. The molecule has 172 valence electrons. The first-order valence-electron chi connectivity index (χ1n) is 9.67. The zero-order valence-electron chi connectivity index (χ0n) is 17.5. The lowest BCUT2D eigenvalue weighted by atomic mass is 10.0. The molecule has 0 aliphatic rings. The first-order valence-corrected chi connectivity index (χ1v) is 10.8. The van der Waals surface area contributed by atoms with Crippen LogP contribution in [0, 0.1) is 0 Å². The summed E-state index contributed by atoms with van der Waals surface area (Å²) in [5.74, 6) is -1.79. The second kappa shape index (κ2) is 12.1. The Bertz CT molecular complexity index is 976. The lowest BCUT2D eigenvalue weighted by Crippen LogP contribution is -2.48. The molecule has 2 atom stereocenters. The number of rotatable bonds is 9. The van der Waals surface area contributed by atoms with Crippen molar-refractivity contribution in [1.82, 2.24) is 10.6 Å². The van der Waals surface area contributed by atoms with E-state index in [-0.39, 0.29) is 28.1 Å². The van der Waals surface area contributed by atoms with Crippen molar-refractivity contribution in [1.29, 1.82) is 0 Å². The van der Waals surface area contributed by atoms with Gasteiger partial charge >= 0.3 is 5.97 Å². The van der Waals surface area contributed by atoms with Gasteiger partial charge in [-0.2, -0.15) is 0 Å². The van der Waals surface area contributed by atoms with Gasteiger partial charge in [-0.15, -0.1) is 0 Å². The van der Waals surface area contributed by atoms with Crippen molar-refractivity contribution in [3.8, 4) is 0 Å². The smallest absolute Gasteiger partial charge is 0.330 e. The highest BCUT2D eigenvalue weighted by molar-refractivity contribution is 6.39. The minimum absolute atomic E-state index is 0.01000. The molecule has 3 N–H and O–H groups in total. The summed E-state index contributed by atoms with van der Waals surface area (Å²) in [4.78, 5) is 35.8. The molecule has 0 fully saturated rings. The summed E-state index contributed by atoms with van der Waals surface area (Å²) in [6.45, 7) is 1.13. The second-order valence-corrected chi connectivity index (χ2v) is 8.28. The third-order valence-corrected chi connectivity index (χ3v) is 5.45. The molecule has 2 unspecified atom stereocenters. The predicted molar refractivity (Wildman–Crippen MR) is 123 cm³/mol. The van der Waals surface area contributed by atoms with E-state index in [4.69, 9.17) is 34.8 Å². The quantitative estimate of drug-likeness (QED) is 0.454. The average Bonchev–Trinajstić information content (AvgIpc) is 2.73. The van der Waals surface area contributed by atoms with Gasteiger partial charge in [0.05, 0.1) is 28.8 Å². The number of amides is 2. The van der Waals surface area contributed by atoms with Gasteiger partial charge in [-0.25, -0.2) is 4.79 Å². The van der Waals surface area contributed by atoms with Crippen LogP contribution in [0.1, 0.15) is 40.9 Å². The number of hydrogen-bond donors (Lipinski definition) is 3. The van der Waals surface area contributed by atoms with Gasteiger partial charge < -0.3 is 20.5 Å². The Morgan fingerprint density at radius 1 is 1.09 bits per heavy atom. The van der Waals surface area contributed by atoms with Crippen LogP contribution in [0.2, 0.25) is 15.1 Å². The lowest BCUT2D eigenvalue weighted by molar-refractivity contribution is -0.142. The fourth-order valence-electron chi connectivity index (χ4n) is 2.98. The minimum atomic E-state index is -1.11. The Morgan fingerprint density at radius 3 is 2.31 bits per heavy atom. The van der Waals surface area contributed by atoms with Crippen molar-refractivity contribution in [2.75, 3.05) is 13.7 Å². The first-order chi connectivity index (χ1) is 15.1. The fourth-order valence-corrected chi connectivity index (χ4v) is 3.89. The summed E-state index contributed by atoms with van der Waals surface area (Å²) in [5, 5.41) is 16.0. The van der Waals surface area contributed by atoms with Crippen LogP contribution < -0.4 is 10.6 Å². The number of hydrogen-bond acceptors (Lipinski definition) is 5. The molecule has 0 spiro atoms. The van der Waals surface area contributed by atoms with E-state index < -0.39 is 24.0 Å². The van der Waals surface area contributed by atoms with Crippen LogP contribution in [0.3, 0.4) is 0 Å². The summed E-state index contributed by atoms with van der Waals surface area (Å²) in [6, 6.07) is 9.00. The van der Waals surface area contributed by atoms with Crippen molar-refractivity contribution in [2.45, 2.75) is 31.9 Å². The predicted octanol–water partition coefficient (Wildman–Crippen LogP) is 3.72. The zero-order valence-corrected chi connectivity index (χ0v) is 19.7. The molecule has 0 aliphatic carbocycles. The summed E-state index contributed by atoms with van der Waals surface area (Å²) in [5.41, 5.74) is 1.41. The highest BCUT2D eigenvalue weighted by Crippen LogP contribution is 2.29. The van der Waals surface area contributed by atoms with E-state index in [1.807, 2.05) is 0 Å². The van der Waals surface area contributed by atoms with Crippen molar-refractivity contribution >= 4 is 52.6 Å². The molecule has 2 rings (SSSR count). The molecule has 7 nitrogen and oxygen atoms in total. The average molecular weight is 502 g/mol. The molecule has 0 bridgehead atoms. The fraction of sp³-hybridized carbons (Fsp3) is 0.318. The first kappa shape index (κ1) is 25.9. The van der Waals surface area contributed by atoms with Crippen LogP contribution >= 0.6 is 34.8 Å². The van der Waals surface area contributed by atoms with E-state index in [2.05, 4.69) is 15.4 Å². The Kier molecular flexibility index (Phi) is 9.78. The molecule has 10 heteroatoms. The largest absolute Gasteiger partial charge is 0.467 e. The number of halogens is 3. The third-order valence-electron chi connectivity index (χ3n) is 4.62. The number of carbonyl (C=O) groups is 3. The molecule has 2 aromatic carbocycles. The number of methoxy groups -OCH3 is 1. The minimum Gasteiger partial charge on any atom is -0.467 e. The molecule has 0 aliphatic heterocycles. The topological polar surface area (TPSA) is 105 Å².